The summed E-state index contributed by atoms with van der Waals surface area (Å²) < 4.78 is 7.29. The average molecular weight is 287 g/mol. The van der Waals surface area contributed by atoms with Crippen LogP contribution in [0.3, 0.4) is 0 Å². The Bertz CT molecular complexity index is 619. The third-order valence-corrected chi connectivity index (χ3v) is 3.16. The molecule has 0 saturated heterocycles. The van der Waals surface area contributed by atoms with E-state index in [9.17, 15) is 4.79 Å². The number of benzene rings is 1. The first-order valence-corrected chi connectivity index (χ1v) is 7.04. The molecule has 0 fully saturated rings. The second kappa shape index (κ2) is 6.43. The molecule has 0 aliphatic carbocycles. The second-order valence-electron chi connectivity index (χ2n) is 5.52. The maximum absolute atomic E-state index is 11.2. The standard InChI is InChI=1S/C16H21N3O2/c1-11(2)10-21-15-6-4-5-13(7-15)14-8-18-19(9-14)12(3)16(17)20/h4-9,11-12H,10H2,1-3H3,(H2,17,20)/t12-/m0/s1. The molecule has 112 valence electrons. The fourth-order valence-electron chi connectivity index (χ4n) is 1.86. The van der Waals surface area contributed by atoms with Crippen molar-refractivity contribution in [1.82, 2.24) is 9.78 Å². The number of hydrogen-bond donors (Lipinski definition) is 1. The highest BCUT2D eigenvalue weighted by atomic mass is 16.5. The summed E-state index contributed by atoms with van der Waals surface area (Å²) in [5.74, 6) is 0.906. The van der Waals surface area contributed by atoms with Gasteiger partial charge in [0.1, 0.15) is 11.8 Å². The van der Waals surface area contributed by atoms with Gasteiger partial charge in [-0.25, -0.2) is 0 Å². The molecule has 1 heterocycles. The van der Waals surface area contributed by atoms with Crippen LogP contribution in [0.25, 0.3) is 11.1 Å². The molecule has 1 aromatic heterocycles. The van der Waals surface area contributed by atoms with Gasteiger partial charge >= 0.3 is 0 Å². The fourth-order valence-corrected chi connectivity index (χ4v) is 1.86. The normalized spacial score (nSPS) is 12.4. The number of carbonyl (C=O) groups excluding carboxylic acids is 1. The minimum absolute atomic E-state index is 0.404. The predicted octanol–water partition coefficient (Wildman–Crippen LogP) is 2.63. The van der Waals surface area contributed by atoms with Crippen molar-refractivity contribution in [2.45, 2.75) is 26.8 Å². The van der Waals surface area contributed by atoms with Crippen molar-refractivity contribution in [3.63, 3.8) is 0 Å². The molecule has 0 aliphatic rings. The summed E-state index contributed by atoms with van der Waals surface area (Å²) in [5, 5.41) is 4.19. The van der Waals surface area contributed by atoms with E-state index < -0.39 is 11.9 Å². The molecule has 2 aromatic rings. The van der Waals surface area contributed by atoms with Crippen molar-refractivity contribution in [2.75, 3.05) is 6.61 Å². The first-order chi connectivity index (χ1) is 9.97. The van der Waals surface area contributed by atoms with Gasteiger partial charge in [0.25, 0.3) is 0 Å². The van der Waals surface area contributed by atoms with Crippen LogP contribution in [0.4, 0.5) is 0 Å². The molecular formula is C16H21N3O2. The van der Waals surface area contributed by atoms with Gasteiger partial charge in [0.05, 0.1) is 12.8 Å². The highest BCUT2D eigenvalue weighted by Gasteiger charge is 2.13. The minimum Gasteiger partial charge on any atom is -0.493 e. The van der Waals surface area contributed by atoms with Gasteiger partial charge in [-0.05, 0) is 30.5 Å². The molecule has 1 atom stereocenters. The van der Waals surface area contributed by atoms with Crippen molar-refractivity contribution in [3.05, 3.63) is 36.7 Å². The average Bonchev–Trinajstić information content (AvgIpc) is 2.94. The van der Waals surface area contributed by atoms with Crippen molar-refractivity contribution < 1.29 is 9.53 Å². The molecule has 5 heteroatoms. The Balaban J connectivity index is 2.18. The Morgan fingerprint density at radius 3 is 2.76 bits per heavy atom. The molecule has 5 nitrogen and oxygen atoms in total. The van der Waals surface area contributed by atoms with E-state index in [2.05, 4.69) is 18.9 Å². The molecule has 2 N–H and O–H groups in total. The zero-order chi connectivity index (χ0) is 15.4. The predicted molar refractivity (Wildman–Crippen MR) is 81.9 cm³/mol. The number of nitrogens with zero attached hydrogens (tertiary/aromatic N) is 2. The van der Waals surface area contributed by atoms with E-state index in [1.165, 1.54) is 0 Å². The zero-order valence-electron chi connectivity index (χ0n) is 12.6. The summed E-state index contributed by atoms with van der Waals surface area (Å²) in [5.41, 5.74) is 7.22. The molecule has 0 spiro atoms. The third kappa shape index (κ3) is 3.84. The highest BCUT2D eigenvalue weighted by molar-refractivity contribution is 5.78. The van der Waals surface area contributed by atoms with Crippen LogP contribution in [0, 0.1) is 5.92 Å². The van der Waals surface area contributed by atoms with E-state index in [0.717, 1.165) is 16.9 Å². The van der Waals surface area contributed by atoms with Crippen LogP contribution in [-0.4, -0.2) is 22.3 Å². The Morgan fingerprint density at radius 1 is 1.33 bits per heavy atom. The number of aromatic nitrogens is 2. The molecule has 0 bridgehead atoms. The third-order valence-electron chi connectivity index (χ3n) is 3.16. The summed E-state index contributed by atoms with van der Waals surface area (Å²) in [6.45, 7) is 6.63. The highest BCUT2D eigenvalue weighted by Crippen LogP contribution is 2.24. The Hall–Kier alpha value is -2.30. The molecule has 0 unspecified atom stereocenters. The van der Waals surface area contributed by atoms with Crippen LogP contribution >= 0.6 is 0 Å². The number of primary amides is 1. The molecule has 1 amide bonds. The van der Waals surface area contributed by atoms with E-state index in [4.69, 9.17) is 10.5 Å². The zero-order valence-corrected chi connectivity index (χ0v) is 12.6. The molecule has 21 heavy (non-hydrogen) atoms. The fraction of sp³-hybridized carbons (Fsp3) is 0.375. The lowest BCUT2D eigenvalue weighted by molar-refractivity contribution is -0.120. The van der Waals surface area contributed by atoms with Crippen LogP contribution in [0.2, 0.25) is 0 Å². The number of hydrogen-bond acceptors (Lipinski definition) is 3. The van der Waals surface area contributed by atoms with Gasteiger partial charge < -0.3 is 10.5 Å². The van der Waals surface area contributed by atoms with E-state index in [1.54, 1.807) is 17.8 Å². The molecule has 0 aliphatic heterocycles. The van der Waals surface area contributed by atoms with Gasteiger partial charge in [0.15, 0.2) is 0 Å². The van der Waals surface area contributed by atoms with E-state index in [-0.39, 0.29) is 0 Å². The maximum atomic E-state index is 11.2. The van der Waals surface area contributed by atoms with Crippen LogP contribution < -0.4 is 10.5 Å². The molecule has 1 aromatic carbocycles. The van der Waals surface area contributed by atoms with Gasteiger partial charge in [-0.2, -0.15) is 5.10 Å². The molecule has 0 radical (unpaired) electrons. The quantitative estimate of drug-likeness (QED) is 0.888. The summed E-state index contributed by atoms with van der Waals surface area (Å²) in [7, 11) is 0. The molecular weight excluding hydrogens is 266 g/mol. The van der Waals surface area contributed by atoms with E-state index >= 15 is 0 Å². The van der Waals surface area contributed by atoms with Gasteiger partial charge in [-0.1, -0.05) is 26.0 Å². The van der Waals surface area contributed by atoms with Crippen molar-refractivity contribution in [1.29, 1.82) is 0 Å². The van der Waals surface area contributed by atoms with E-state index in [1.807, 2.05) is 30.5 Å². The Morgan fingerprint density at radius 2 is 2.10 bits per heavy atom. The maximum Gasteiger partial charge on any atom is 0.241 e. The SMILES string of the molecule is CC(C)COc1cccc(-c2cnn([C@@H](C)C(N)=O)c2)c1. The number of amides is 1. The van der Waals surface area contributed by atoms with Crippen LogP contribution in [0.15, 0.2) is 36.7 Å². The monoisotopic (exact) mass is 287 g/mol. The van der Waals surface area contributed by atoms with Gasteiger partial charge in [-0.3, -0.25) is 9.48 Å². The molecule has 0 saturated carbocycles. The van der Waals surface area contributed by atoms with Crippen LogP contribution in [-0.2, 0) is 4.79 Å². The summed E-state index contributed by atoms with van der Waals surface area (Å²) >= 11 is 0. The summed E-state index contributed by atoms with van der Waals surface area (Å²) in [6, 6.07) is 7.37. The van der Waals surface area contributed by atoms with Gasteiger partial charge in [0.2, 0.25) is 5.91 Å². The Labute approximate surface area is 124 Å². The largest absolute Gasteiger partial charge is 0.493 e. The first-order valence-electron chi connectivity index (χ1n) is 7.04. The van der Waals surface area contributed by atoms with Crippen molar-refractivity contribution in [2.24, 2.45) is 11.7 Å². The van der Waals surface area contributed by atoms with E-state index in [0.29, 0.717) is 12.5 Å². The Kier molecular flexibility index (Phi) is 4.62. The number of rotatable bonds is 6. The van der Waals surface area contributed by atoms with Crippen molar-refractivity contribution in [3.8, 4) is 16.9 Å². The number of carbonyl (C=O) groups is 1. The first kappa shape index (κ1) is 15.1. The van der Waals surface area contributed by atoms with Crippen LogP contribution in [0.5, 0.6) is 5.75 Å². The number of ether oxygens (including phenoxy) is 1. The minimum atomic E-state index is -0.459. The van der Waals surface area contributed by atoms with Gasteiger partial charge in [0, 0.05) is 11.8 Å². The summed E-state index contributed by atoms with van der Waals surface area (Å²) in [6.07, 6.45) is 3.54. The van der Waals surface area contributed by atoms with Crippen molar-refractivity contribution >= 4 is 5.91 Å². The summed E-state index contributed by atoms with van der Waals surface area (Å²) in [4.78, 5) is 11.2. The van der Waals surface area contributed by atoms with Crippen LogP contribution in [0.1, 0.15) is 26.8 Å². The van der Waals surface area contributed by atoms with Gasteiger partial charge in [-0.15, -0.1) is 0 Å². The lowest BCUT2D eigenvalue weighted by Gasteiger charge is -2.09. The topological polar surface area (TPSA) is 70.1 Å². The lowest BCUT2D eigenvalue weighted by atomic mass is 10.1. The molecule has 2 rings (SSSR count). The second-order valence-corrected chi connectivity index (χ2v) is 5.52. The lowest BCUT2D eigenvalue weighted by Crippen LogP contribution is -2.24. The number of nitrogens with two attached hydrogens (primary N) is 1. The smallest absolute Gasteiger partial charge is 0.241 e.